The third-order valence-corrected chi connectivity index (χ3v) is 5.65. The second-order valence-corrected chi connectivity index (χ2v) is 7.63. The Morgan fingerprint density at radius 1 is 1.18 bits per heavy atom. The molecule has 1 atom stereocenters. The molecular formula is C23H23NO4. The van der Waals surface area contributed by atoms with Gasteiger partial charge in [0.15, 0.2) is 0 Å². The number of hydrogen-bond acceptors (Lipinski definition) is 5. The van der Waals surface area contributed by atoms with Crippen molar-refractivity contribution in [3.8, 4) is 16.9 Å². The quantitative estimate of drug-likeness (QED) is 0.643. The van der Waals surface area contributed by atoms with Gasteiger partial charge in [0.1, 0.15) is 18.1 Å². The van der Waals surface area contributed by atoms with E-state index >= 15 is 0 Å². The zero-order valence-corrected chi connectivity index (χ0v) is 15.9. The van der Waals surface area contributed by atoms with Crippen LogP contribution in [-0.2, 0) is 11.3 Å². The van der Waals surface area contributed by atoms with Gasteiger partial charge in [-0.15, -0.1) is 0 Å². The molecule has 0 N–H and O–H groups in total. The van der Waals surface area contributed by atoms with Crippen LogP contribution >= 0.6 is 0 Å². The lowest BCUT2D eigenvalue weighted by Gasteiger charge is -2.31. The Labute approximate surface area is 163 Å². The molecule has 5 heteroatoms. The van der Waals surface area contributed by atoms with Crippen molar-refractivity contribution in [3.63, 3.8) is 0 Å². The second kappa shape index (κ2) is 7.08. The van der Waals surface area contributed by atoms with Crippen LogP contribution in [0.5, 0.6) is 5.75 Å². The molecule has 5 rings (SSSR count). The number of hydrogen-bond donors (Lipinski definition) is 0. The Bertz CT molecular complexity index is 1070. The van der Waals surface area contributed by atoms with Crippen molar-refractivity contribution in [1.82, 2.24) is 4.90 Å². The van der Waals surface area contributed by atoms with Crippen LogP contribution in [0.4, 0.5) is 0 Å². The zero-order chi connectivity index (χ0) is 19.1. The maximum Gasteiger partial charge on any atom is 0.336 e. The minimum Gasteiger partial charge on any atom is -0.477 e. The van der Waals surface area contributed by atoms with Gasteiger partial charge in [0.25, 0.3) is 0 Å². The predicted molar refractivity (Wildman–Crippen MR) is 108 cm³/mol. The van der Waals surface area contributed by atoms with E-state index < -0.39 is 0 Å². The Kier molecular flexibility index (Phi) is 4.41. The van der Waals surface area contributed by atoms with Gasteiger partial charge in [0.05, 0.1) is 6.10 Å². The molecule has 1 aromatic heterocycles. The van der Waals surface area contributed by atoms with Crippen LogP contribution in [0.25, 0.3) is 22.1 Å². The molecule has 0 saturated carbocycles. The average Bonchev–Trinajstić information content (AvgIpc) is 3.22. The van der Waals surface area contributed by atoms with E-state index in [-0.39, 0.29) is 5.63 Å². The number of rotatable bonds is 3. The first-order valence-electron chi connectivity index (χ1n) is 9.81. The molecule has 5 nitrogen and oxygen atoms in total. The highest BCUT2D eigenvalue weighted by molar-refractivity contribution is 5.96. The Morgan fingerprint density at radius 3 is 2.82 bits per heavy atom. The molecule has 0 unspecified atom stereocenters. The monoisotopic (exact) mass is 377 g/mol. The summed E-state index contributed by atoms with van der Waals surface area (Å²) < 4.78 is 17.4. The van der Waals surface area contributed by atoms with Gasteiger partial charge in [-0.25, -0.2) is 4.79 Å². The fraction of sp³-hybridized carbons (Fsp3) is 0.348. The molecule has 3 aromatic rings. The number of benzene rings is 2. The summed E-state index contributed by atoms with van der Waals surface area (Å²) in [5, 5.41) is 0.949. The van der Waals surface area contributed by atoms with E-state index in [0.29, 0.717) is 18.4 Å². The van der Waals surface area contributed by atoms with Crippen LogP contribution in [0.1, 0.15) is 24.0 Å². The third-order valence-electron chi connectivity index (χ3n) is 5.65. The van der Waals surface area contributed by atoms with Gasteiger partial charge in [-0.05, 0) is 37.0 Å². The van der Waals surface area contributed by atoms with Crippen LogP contribution in [0.2, 0.25) is 0 Å². The minimum atomic E-state index is -0.342. The lowest BCUT2D eigenvalue weighted by Crippen LogP contribution is -2.37. The van der Waals surface area contributed by atoms with E-state index in [1.54, 1.807) is 6.07 Å². The standard InChI is InChI=1S/C23H23NO4/c1-15-22-17(12-24(14-27-22)13-18-8-5-9-26-18)10-20-19(11-21(25)28-23(15)20)16-6-3-2-4-7-16/h2-4,6-7,10-11,18H,5,8-9,12-14H2,1H3/t18-/m0/s1. The maximum absolute atomic E-state index is 12.2. The fourth-order valence-electron chi connectivity index (χ4n) is 4.32. The molecule has 28 heavy (non-hydrogen) atoms. The van der Waals surface area contributed by atoms with Crippen molar-refractivity contribution in [2.45, 2.75) is 32.4 Å². The number of ether oxygens (including phenoxy) is 2. The average molecular weight is 377 g/mol. The second-order valence-electron chi connectivity index (χ2n) is 7.63. The molecule has 0 bridgehead atoms. The minimum absolute atomic E-state index is 0.296. The van der Waals surface area contributed by atoms with Crippen LogP contribution in [-0.4, -0.2) is 30.9 Å². The molecule has 144 valence electrons. The topological polar surface area (TPSA) is 51.9 Å². The molecule has 2 aliphatic rings. The summed E-state index contributed by atoms with van der Waals surface area (Å²) >= 11 is 0. The van der Waals surface area contributed by atoms with E-state index in [0.717, 1.165) is 65.9 Å². The first kappa shape index (κ1) is 17.5. The third kappa shape index (κ3) is 3.11. The summed E-state index contributed by atoms with van der Waals surface area (Å²) in [7, 11) is 0. The molecule has 0 radical (unpaired) electrons. The molecule has 0 amide bonds. The van der Waals surface area contributed by atoms with Crippen molar-refractivity contribution in [3.05, 3.63) is 64.0 Å². The van der Waals surface area contributed by atoms with Gasteiger partial charge >= 0.3 is 5.63 Å². The highest BCUT2D eigenvalue weighted by atomic mass is 16.5. The first-order valence-corrected chi connectivity index (χ1v) is 9.81. The number of fused-ring (bicyclic) bond motifs is 2. The number of nitrogens with zero attached hydrogens (tertiary/aromatic N) is 1. The molecule has 0 aliphatic carbocycles. The van der Waals surface area contributed by atoms with E-state index in [9.17, 15) is 4.79 Å². The van der Waals surface area contributed by atoms with Gasteiger partial charge in [-0.1, -0.05) is 30.3 Å². The first-order chi connectivity index (χ1) is 13.7. The summed E-state index contributed by atoms with van der Waals surface area (Å²) in [6.07, 6.45) is 2.55. The Balaban J connectivity index is 1.59. The fourth-order valence-corrected chi connectivity index (χ4v) is 4.32. The lowest BCUT2D eigenvalue weighted by molar-refractivity contribution is 0.0277. The van der Waals surface area contributed by atoms with E-state index in [2.05, 4.69) is 11.0 Å². The highest BCUT2D eigenvalue weighted by Gasteiger charge is 2.26. The molecular weight excluding hydrogens is 354 g/mol. The van der Waals surface area contributed by atoms with Crippen molar-refractivity contribution < 1.29 is 13.9 Å². The van der Waals surface area contributed by atoms with Crippen LogP contribution < -0.4 is 10.4 Å². The summed E-state index contributed by atoms with van der Waals surface area (Å²) in [6, 6.07) is 13.7. The highest BCUT2D eigenvalue weighted by Crippen LogP contribution is 2.38. The smallest absolute Gasteiger partial charge is 0.336 e. The van der Waals surface area contributed by atoms with Gasteiger partial charge in [-0.3, -0.25) is 4.90 Å². The Hall–Kier alpha value is -2.63. The van der Waals surface area contributed by atoms with Crippen molar-refractivity contribution in [2.75, 3.05) is 19.9 Å². The van der Waals surface area contributed by atoms with Crippen molar-refractivity contribution in [1.29, 1.82) is 0 Å². The summed E-state index contributed by atoms with van der Waals surface area (Å²) in [6.45, 7) is 5.04. The summed E-state index contributed by atoms with van der Waals surface area (Å²) in [5.74, 6) is 0.837. The normalized spacial score (nSPS) is 19.5. The van der Waals surface area contributed by atoms with Gasteiger partial charge in [0, 0.05) is 42.3 Å². The molecule has 1 fully saturated rings. The van der Waals surface area contributed by atoms with Crippen molar-refractivity contribution in [2.24, 2.45) is 0 Å². The predicted octanol–water partition coefficient (Wildman–Crippen LogP) is 4.10. The largest absolute Gasteiger partial charge is 0.477 e. The molecule has 3 heterocycles. The lowest BCUT2D eigenvalue weighted by atomic mass is 9.97. The van der Waals surface area contributed by atoms with E-state index in [1.807, 2.05) is 37.3 Å². The van der Waals surface area contributed by atoms with Gasteiger partial charge in [-0.2, -0.15) is 0 Å². The van der Waals surface area contributed by atoms with Gasteiger partial charge < -0.3 is 13.9 Å². The van der Waals surface area contributed by atoms with Crippen LogP contribution in [0.15, 0.2) is 51.7 Å². The van der Waals surface area contributed by atoms with Crippen LogP contribution in [0, 0.1) is 6.92 Å². The maximum atomic E-state index is 12.2. The number of aryl methyl sites for hydroxylation is 1. The molecule has 1 saturated heterocycles. The SMILES string of the molecule is Cc1c2c(cc3c(-c4ccccc4)cc(=O)oc13)CN(C[C@@H]1CCCO1)CO2. The molecule has 2 aliphatic heterocycles. The molecule has 0 spiro atoms. The van der Waals surface area contributed by atoms with Gasteiger partial charge in [0.2, 0.25) is 0 Å². The van der Waals surface area contributed by atoms with Crippen molar-refractivity contribution >= 4 is 11.0 Å². The van der Waals surface area contributed by atoms with Crippen LogP contribution in [0.3, 0.4) is 0 Å². The molecule has 2 aromatic carbocycles. The Morgan fingerprint density at radius 2 is 2.04 bits per heavy atom. The summed E-state index contributed by atoms with van der Waals surface area (Å²) in [4.78, 5) is 14.5. The van der Waals surface area contributed by atoms with E-state index in [4.69, 9.17) is 13.9 Å². The zero-order valence-electron chi connectivity index (χ0n) is 15.9. The summed E-state index contributed by atoms with van der Waals surface area (Å²) in [5.41, 5.74) is 4.18. The van der Waals surface area contributed by atoms with E-state index in [1.165, 1.54) is 0 Å².